The molecule has 0 bridgehead atoms. The summed E-state index contributed by atoms with van der Waals surface area (Å²) in [5, 5.41) is 15.4. The van der Waals surface area contributed by atoms with Crippen LogP contribution in [0.1, 0.15) is 41.7 Å². The Labute approximate surface area is 192 Å². The van der Waals surface area contributed by atoms with E-state index in [0.717, 1.165) is 34.9 Å². The zero-order valence-electron chi connectivity index (χ0n) is 18.4. The normalized spacial score (nSPS) is 18.0. The number of hydrogen-bond donors (Lipinski definition) is 1. The van der Waals surface area contributed by atoms with Crippen LogP contribution < -0.4 is 10.1 Å². The van der Waals surface area contributed by atoms with Gasteiger partial charge in [0.15, 0.2) is 5.11 Å². The van der Waals surface area contributed by atoms with E-state index in [-0.39, 0.29) is 17.8 Å². The number of nitro groups is 1. The highest BCUT2D eigenvalue weighted by Gasteiger charge is 2.40. The van der Waals surface area contributed by atoms with Crippen LogP contribution in [0.15, 0.2) is 48.7 Å². The van der Waals surface area contributed by atoms with Crippen molar-refractivity contribution in [1.29, 1.82) is 0 Å². The predicted molar refractivity (Wildman–Crippen MR) is 126 cm³/mol. The highest BCUT2D eigenvalue weighted by atomic mass is 32.1. The molecule has 1 fully saturated rings. The number of non-ortho nitro benzene ring substituents is 1. The van der Waals surface area contributed by atoms with Crippen LogP contribution in [0.4, 0.5) is 5.69 Å². The summed E-state index contributed by atoms with van der Waals surface area (Å²) in [6.45, 7) is 6.91. The molecular formula is C23H25N5O3S. The lowest BCUT2D eigenvalue weighted by Crippen LogP contribution is -2.29. The van der Waals surface area contributed by atoms with E-state index in [2.05, 4.69) is 32.8 Å². The quantitative estimate of drug-likeness (QED) is 0.338. The Balaban J connectivity index is 1.85. The monoisotopic (exact) mass is 451 g/mol. The summed E-state index contributed by atoms with van der Waals surface area (Å²) >= 11 is 5.64. The lowest BCUT2D eigenvalue weighted by molar-refractivity contribution is -0.384. The Morgan fingerprint density at radius 3 is 2.66 bits per heavy atom. The lowest BCUT2D eigenvalue weighted by Gasteiger charge is -2.27. The van der Waals surface area contributed by atoms with Gasteiger partial charge in [-0.25, -0.2) is 0 Å². The molecule has 3 heterocycles. The van der Waals surface area contributed by atoms with Crippen molar-refractivity contribution in [2.45, 2.75) is 32.9 Å². The van der Waals surface area contributed by atoms with E-state index in [4.69, 9.17) is 17.0 Å². The van der Waals surface area contributed by atoms with Gasteiger partial charge < -0.3 is 19.5 Å². The molecule has 0 amide bonds. The number of rotatable bonds is 6. The number of aromatic nitrogens is 2. The lowest BCUT2D eigenvalue weighted by atomic mass is 9.97. The number of hydrogen-bond acceptors (Lipinski definition) is 5. The smallest absolute Gasteiger partial charge is 0.273 e. The van der Waals surface area contributed by atoms with Crippen LogP contribution in [0.2, 0.25) is 0 Å². The van der Waals surface area contributed by atoms with Crippen molar-refractivity contribution < 1.29 is 9.66 Å². The van der Waals surface area contributed by atoms with Gasteiger partial charge in [-0.05, 0) is 62.8 Å². The maximum absolute atomic E-state index is 11.2. The number of nitrogens with zero attached hydrogens (tertiary/aromatic N) is 4. The first-order chi connectivity index (χ1) is 15.4. The third-order valence-corrected chi connectivity index (χ3v) is 6.29. The predicted octanol–water partition coefficient (Wildman–Crippen LogP) is 4.40. The Bertz CT molecular complexity index is 1180. The van der Waals surface area contributed by atoms with Gasteiger partial charge in [0.05, 0.1) is 41.6 Å². The van der Waals surface area contributed by atoms with Gasteiger partial charge in [0, 0.05) is 30.2 Å². The van der Waals surface area contributed by atoms with E-state index in [9.17, 15) is 10.1 Å². The van der Waals surface area contributed by atoms with Gasteiger partial charge in [0.1, 0.15) is 5.75 Å². The summed E-state index contributed by atoms with van der Waals surface area (Å²) in [7, 11) is 1.52. The minimum absolute atomic E-state index is 0.00833. The summed E-state index contributed by atoms with van der Waals surface area (Å²) < 4.78 is 7.58. The molecule has 2 atom stereocenters. The molecule has 0 radical (unpaired) electrons. The van der Waals surface area contributed by atoms with Gasteiger partial charge in [0.25, 0.3) is 5.69 Å². The molecule has 32 heavy (non-hydrogen) atoms. The average Bonchev–Trinajstić information content (AvgIpc) is 3.28. The largest absolute Gasteiger partial charge is 0.494 e. The molecule has 0 saturated carbocycles. The molecule has 1 aliphatic rings. The van der Waals surface area contributed by atoms with Crippen molar-refractivity contribution in [2.24, 2.45) is 0 Å². The highest BCUT2D eigenvalue weighted by Crippen LogP contribution is 2.42. The average molecular weight is 452 g/mol. The first-order valence-electron chi connectivity index (χ1n) is 10.4. The van der Waals surface area contributed by atoms with Crippen molar-refractivity contribution in [3.8, 4) is 11.4 Å². The molecule has 1 aromatic carbocycles. The molecule has 4 rings (SSSR count). The van der Waals surface area contributed by atoms with Gasteiger partial charge in [-0.3, -0.25) is 15.1 Å². The van der Waals surface area contributed by atoms with Crippen LogP contribution in [0.5, 0.6) is 5.75 Å². The molecule has 3 aromatic rings. The number of aryl methyl sites for hydroxylation is 1. The van der Waals surface area contributed by atoms with Crippen molar-refractivity contribution >= 4 is 23.0 Å². The van der Waals surface area contributed by atoms with Crippen molar-refractivity contribution in [3.05, 3.63) is 81.4 Å². The summed E-state index contributed by atoms with van der Waals surface area (Å²) in [5.74, 6) is 0.446. The van der Waals surface area contributed by atoms with E-state index in [1.54, 1.807) is 12.3 Å². The number of benzene rings is 1. The maximum Gasteiger partial charge on any atom is 0.273 e. The molecule has 166 valence electrons. The number of nitrogens with one attached hydrogen (secondary N) is 1. The summed E-state index contributed by atoms with van der Waals surface area (Å²) in [6, 6.07) is 12.6. The molecule has 0 aliphatic carbocycles. The van der Waals surface area contributed by atoms with Gasteiger partial charge >= 0.3 is 0 Å². The molecular weight excluding hydrogens is 426 g/mol. The molecule has 0 spiro atoms. The van der Waals surface area contributed by atoms with Crippen molar-refractivity contribution in [2.75, 3.05) is 13.7 Å². The number of likely N-dealkylation sites (N-methyl/N-ethyl adjacent to an activating group) is 1. The third-order valence-electron chi connectivity index (χ3n) is 5.94. The Morgan fingerprint density at radius 1 is 1.25 bits per heavy atom. The summed E-state index contributed by atoms with van der Waals surface area (Å²) in [4.78, 5) is 17.5. The standard InChI is InChI=1S/C23H25N5O3S/c1-5-26-22(21(25-23(26)32)18-8-6-7-11-24-18)17-12-14(2)27(15(17)3)19-10-9-16(28(29)30)13-20(19)31-4/h6-13,21-22H,5H2,1-4H3,(H,25,32)/t21-,22+/m1/s1. The number of thiocarbonyl (C=S) groups is 1. The molecule has 9 heteroatoms. The summed E-state index contributed by atoms with van der Waals surface area (Å²) in [5.41, 5.74) is 4.81. The van der Waals surface area contributed by atoms with Crippen molar-refractivity contribution in [3.63, 3.8) is 0 Å². The van der Waals surface area contributed by atoms with Gasteiger partial charge in [-0.2, -0.15) is 0 Å². The molecule has 1 saturated heterocycles. The van der Waals surface area contributed by atoms with E-state index >= 15 is 0 Å². The zero-order chi connectivity index (χ0) is 23.0. The van der Waals surface area contributed by atoms with Crippen LogP contribution in [0, 0.1) is 24.0 Å². The fourth-order valence-corrected chi connectivity index (χ4v) is 4.88. The molecule has 0 unspecified atom stereocenters. The summed E-state index contributed by atoms with van der Waals surface area (Å²) in [6.07, 6.45) is 1.79. The first kappa shape index (κ1) is 21.8. The molecule has 8 nitrogen and oxygen atoms in total. The van der Waals surface area contributed by atoms with E-state index in [1.165, 1.54) is 19.2 Å². The van der Waals surface area contributed by atoms with Crippen LogP contribution in [0.25, 0.3) is 5.69 Å². The maximum atomic E-state index is 11.2. The minimum atomic E-state index is -0.422. The second-order valence-electron chi connectivity index (χ2n) is 7.69. The fraction of sp³-hybridized carbons (Fsp3) is 0.304. The SMILES string of the molecule is CCN1C(=S)N[C@H](c2ccccn2)[C@@H]1c1cc(C)n(-c2ccc([N+](=O)[O-])cc2OC)c1C. The van der Waals surface area contributed by atoms with Crippen LogP contribution in [0.3, 0.4) is 0 Å². The van der Waals surface area contributed by atoms with Crippen LogP contribution >= 0.6 is 12.2 Å². The number of pyridine rings is 1. The minimum Gasteiger partial charge on any atom is -0.494 e. The number of methoxy groups -OCH3 is 1. The second kappa shape index (κ2) is 8.58. The van der Waals surface area contributed by atoms with Crippen molar-refractivity contribution in [1.82, 2.24) is 19.8 Å². The van der Waals surface area contributed by atoms with Crippen LogP contribution in [-0.2, 0) is 0 Å². The number of nitro benzene ring substituents is 1. The third kappa shape index (κ3) is 3.58. The van der Waals surface area contributed by atoms with Gasteiger partial charge in [0.2, 0.25) is 0 Å². The molecule has 1 aliphatic heterocycles. The highest BCUT2D eigenvalue weighted by molar-refractivity contribution is 7.80. The first-order valence-corrected chi connectivity index (χ1v) is 10.8. The van der Waals surface area contributed by atoms with E-state index < -0.39 is 4.92 Å². The Morgan fingerprint density at radius 2 is 2.03 bits per heavy atom. The Kier molecular flexibility index (Phi) is 5.84. The second-order valence-corrected chi connectivity index (χ2v) is 8.07. The van der Waals surface area contributed by atoms with Gasteiger partial charge in [-0.15, -0.1) is 0 Å². The number of ether oxygens (including phenoxy) is 1. The van der Waals surface area contributed by atoms with Crippen LogP contribution in [-0.4, -0.2) is 38.1 Å². The van der Waals surface area contributed by atoms with E-state index in [1.807, 2.05) is 32.0 Å². The zero-order valence-corrected chi connectivity index (χ0v) is 19.2. The van der Waals surface area contributed by atoms with E-state index in [0.29, 0.717) is 10.9 Å². The Hall–Kier alpha value is -3.46. The fourth-order valence-electron chi connectivity index (χ4n) is 4.51. The topological polar surface area (TPSA) is 85.5 Å². The molecule has 1 N–H and O–H groups in total. The van der Waals surface area contributed by atoms with Gasteiger partial charge in [-0.1, -0.05) is 6.07 Å². The molecule has 2 aromatic heterocycles.